The summed E-state index contributed by atoms with van der Waals surface area (Å²) in [5, 5.41) is 62.2. The second-order valence-electron chi connectivity index (χ2n) is 3.03. The van der Waals surface area contributed by atoms with Crippen LogP contribution in [0.5, 0.6) is 11.5 Å². The van der Waals surface area contributed by atoms with Crippen molar-refractivity contribution in [2.24, 2.45) is 5.73 Å². The molecule has 1 rings (SSSR count). The summed E-state index contributed by atoms with van der Waals surface area (Å²) in [5.74, 6) is -0.179. The Morgan fingerprint density at radius 2 is 1.17 bits per heavy atom. The van der Waals surface area contributed by atoms with Gasteiger partial charge in [0.05, 0.1) is 15.3 Å². The first-order valence-electron chi connectivity index (χ1n) is 5.09. The van der Waals surface area contributed by atoms with Crippen molar-refractivity contribution in [3.05, 3.63) is 69.7 Å². The molecule has 16 heteroatoms. The average molecular weight is 366 g/mol. The smallest absolute Gasteiger partial charge is 0.504 e. The van der Waals surface area contributed by atoms with Crippen LogP contribution in [-0.4, -0.2) is 49.4 Å². The van der Waals surface area contributed by atoms with Gasteiger partial charge in [-0.25, -0.2) is 0 Å². The Balaban J connectivity index is -0.000000130. The van der Waals surface area contributed by atoms with Crippen LogP contribution < -0.4 is 5.73 Å². The Kier molecular flexibility index (Phi) is 21.7. The molecule has 15 nitrogen and oxygen atoms in total. The maximum Gasteiger partial charge on any atom is 3.00 e. The standard InChI is InChI=1S/C8H11NO2.Al.3NO3/c9-4-3-6-1-2-7(10)8(11)5-6;;3*2-1(3)4/h1-2,5,10-11H,3-4,9H2;;;;/q;+3;3*-1. The zero-order valence-electron chi connectivity index (χ0n) is 11.7. The predicted molar refractivity (Wildman–Crippen MR) is 79.4 cm³/mol. The largest absolute Gasteiger partial charge is 3.00 e. The van der Waals surface area contributed by atoms with Crippen LogP contribution in [0.3, 0.4) is 0 Å². The van der Waals surface area contributed by atoms with Crippen molar-refractivity contribution in [1.82, 2.24) is 0 Å². The predicted octanol–water partition coefficient (Wildman–Crippen LogP) is -0.499. The molecule has 0 fully saturated rings. The van der Waals surface area contributed by atoms with Gasteiger partial charge in [0, 0.05) is 0 Å². The molecule has 24 heavy (non-hydrogen) atoms. The first-order valence-corrected chi connectivity index (χ1v) is 5.09. The summed E-state index contributed by atoms with van der Waals surface area (Å²) in [6.45, 7) is 0.546. The van der Waals surface area contributed by atoms with Gasteiger partial charge >= 0.3 is 17.4 Å². The topological polar surface area (TPSA) is 265 Å². The third-order valence-electron chi connectivity index (χ3n) is 1.47. The second-order valence-corrected chi connectivity index (χ2v) is 3.03. The van der Waals surface area contributed by atoms with E-state index in [2.05, 4.69) is 0 Å². The molecule has 0 aliphatic carbocycles. The van der Waals surface area contributed by atoms with Crippen molar-refractivity contribution in [2.45, 2.75) is 6.42 Å². The van der Waals surface area contributed by atoms with E-state index in [4.69, 9.17) is 61.9 Å². The number of phenols is 2. The molecule has 0 saturated carbocycles. The number of benzene rings is 1. The minimum Gasteiger partial charge on any atom is -0.504 e. The Hall–Kier alpha value is -3.09. The second kappa shape index (κ2) is 18.0. The van der Waals surface area contributed by atoms with E-state index in [1.807, 2.05) is 0 Å². The van der Waals surface area contributed by atoms with Crippen molar-refractivity contribution in [3.63, 3.8) is 0 Å². The maximum absolute atomic E-state index is 9.04. The summed E-state index contributed by atoms with van der Waals surface area (Å²) < 4.78 is 0. The zero-order chi connectivity index (χ0) is 19.0. The van der Waals surface area contributed by atoms with Gasteiger partial charge in [0.2, 0.25) is 0 Å². The molecule has 0 bridgehead atoms. The monoisotopic (exact) mass is 366 g/mol. The van der Waals surface area contributed by atoms with E-state index in [0.29, 0.717) is 13.0 Å². The van der Waals surface area contributed by atoms with Gasteiger partial charge in [-0.15, -0.1) is 0 Å². The Morgan fingerprint density at radius 3 is 1.42 bits per heavy atom. The van der Waals surface area contributed by atoms with Crippen LogP contribution in [0.25, 0.3) is 0 Å². The van der Waals surface area contributed by atoms with E-state index in [-0.39, 0.29) is 28.9 Å². The molecular formula is C8H11AlN4O11. The first-order chi connectivity index (χ1) is 10.4. The van der Waals surface area contributed by atoms with Gasteiger partial charge in [-0.05, 0) is 30.7 Å². The first kappa shape index (κ1) is 29.0. The molecule has 132 valence electrons. The van der Waals surface area contributed by atoms with E-state index >= 15 is 0 Å². The molecular weight excluding hydrogens is 355 g/mol. The summed E-state index contributed by atoms with van der Waals surface area (Å²) in [7, 11) is 0. The van der Waals surface area contributed by atoms with E-state index < -0.39 is 15.3 Å². The summed E-state index contributed by atoms with van der Waals surface area (Å²) in [6, 6.07) is 4.71. The summed E-state index contributed by atoms with van der Waals surface area (Å²) in [6.07, 6.45) is 0.716. The van der Waals surface area contributed by atoms with Crippen LogP contribution in [0.1, 0.15) is 5.56 Å². The van der Waals surface area contributed by atoms with Gasteiger partial charge in [-0.1, -0.05) is 6.07 Å². The Bertz CT molecular complexity index is 460. The van der Waals surface area contributed by atoms with Gasteiger partial charge in [0.15, 0.2) is 11.5 Å². The molecule has 0 atom stereocenters. The van der Waals surface area contributed by atoms with Crippen LogP contribution in [0.2, 0.25) is 0 Å². The number of hydrogen-bond donors (Lipinski definition) is 3. The van der Waals surface area contributed by atoms with Crippen LogP contribution in [0.4, 0.5) is 0 Å². The van der Waals surface area contributed by atoms with E-state index in [0.717, 1.165) is 5.56 Å². The fourth-order valence-electron chi connectivity index (χ4n) is 0.891. The van der Waals surface area contributed by atoms with Crippen molar-refractivity contribution in [1.29, 1.82) is 0 Å². The Morgan fingerprint density at radius 1 is 0.833 bits per heavy atom. The van der Waals surface area contributed by atoms with Crippen LogP contribution in [0, 0.1) is 46.0 Å². The zero-order valence-corrected chi connectivity index (χ0v) is 12.9. The summed E-state index contributed by atoms with van der Waals surface area (Å²) in [5.41, 5.74) is 6.24. The van der Waals surface area contributed by atoms with Crippen molar-refractivity contribution >= 4 is 17.4 Å². The van der Waals surface area contributed by atoms with Crippen molar-refractivity contribution in [2.75, 3.05) is 6.54 Å². The van der Waals surface area contributed by atoms with Gasteiger partial charge in [-0.3, -0.25) is 0 Å². The average Bonchev–Trinajstić information content (AvgIpc) is 2.32. The summed E-state index contributed by atoms with van der Waals surface area (Å²) >= 11 is 0. The normalized spacial score (nSPS) is 7.54. The maximum atomic E-state index is 9.04. The molecule has 0 saturated heterocycles. The number of rotatable bonds is 2. The number of hydrogen-bond acceptors (Lipinski definition) is 12. The molecule has 0 unspecified atom stereocenters. The van der Waals surface area contributed by atoms with Gasteiger partial charge in [0.25, 0.3) is 0 Å². The van der Waals surface area contributed by atoms with E-state index in [9.17, 15) is 0 Å². The fourth-order valence-corrected chi connectivity index (χ4v) is 0.891. The minimum atomic E-state index is -1.75. The summed E-state index contributed by atoms with van der Waals surface area (Å²) in [4.78, 5) is 24.8. The Labute approximate surface area is 143 Å². The van der Waals surface area contributed by atoms with Crippen molar-refractivity contribution in [3.8, 4) is 11.5 Å². The molecule has 1 aromatic rings. The molecule has 0 aliphatic heterocycles. The van der Waals surface area contributed by atoms with Gasteiger partial charge < -0.3 is 61.9 Å². The van der Waals surface area contributed by atoms with Crippen LogP contribution in [-0.2, 0) is 6.42 Å². The van der Waals surface area contributed by atoms with E-state index in [1.165, 1.54) is 12.1 Å². The molecule has 0 heterocycles. The molecule has 4 N–H and O–H groups in total. The molecule has 0 radical (unpaired) electrons. The minimum absolute atomic E-state index is 0. The molecule has 0 aromatic heterocycles. The fraction of sp³-hybridized carbons (Fsp3) is 0.250. The quantitative estimate of drug-likeness (QED) is 0.258. The van der Waals surface area contributed by atoms with Gasteiger partial charge in [-0.2, -0.15) is 0 Å². The molecule has 1 aromatic carbocycles. The third kappa shape index (κ3) is 36.4. The van der Waals surface area contributed by atoms with Crippen LogP contribution in [0.15, 0.2) is 18.2 Å². The number of aromatic hydroxyl groups is 2. The molecule has 0 amide bonds. The third-order valence-corrected chi connectivity index (χ3v) is 1.47. The van der Waals surface area contributed by atoms with E-state index in [1.54, 1.807) is 6.07 Å². The number of nitrogens with zero attached hydrogens (tertiary/aromatic N) is 3. The molecule has 0 spiro atoms. The number of nitrogens with two attached hydrogens (primary N) is 1. The van der Waals surface area contributed by atoms with Gasteiger partial charge in [0.1, 0.15) is 0 Å². The number of phenolic OH excluding ortho intramolecular Hbond substituents is 2. The van der Waals surface area contributed by atoms with Crippen molar-refractivity contribution < 1.29 is 25.5 Å². The molecule has 0 aliphatic rings. The SMILES string of the molecule is NCCc1ccc(O)c(O)c1.O=[N+]([O-])[O-].O=[N+]([O-])[O-].O=[N+]([O-])[O-].[Al+3]. The van der Waals surface area contributed by atoms with Crippen LogP contribution >= 0.6 is 0 Å².